The van der Waals surface area contributed by atoms with Crippen LogP contribution in [0, 0.1) is 12.7 Å². The summed E-state index contributed by atoms with van der Waals surface area (Å²) in [6.45, 7) is 1.85. The Morgan fingerprint density at radius 3 is 3.00 bits per heavy atom. The minimum atomic E-state index is -0.361. The molecule has 0 spiro atoms. The fraction of sp³-hybridized carbons (Fsp3) is 0.125. The Morgan fingerprint density at radius 2 is 2.25 bits per heavy atom. The molecule has 0 aliphatic heterocycles. The number of aryl methyl sites for hydroxylation is 1. The second-order valence-corrected chi connectivity index (χ2v) is 4.05. The van der Waals surface area contributed by atoms with Crippen LogP contribution in [0.25, 0.3) is 10.2 Å². The van der Waals surface area contributed by atoms with E-state index in [0.717, 1.165) is 5.01 Å². The maximum absolute atomic E-state index is 13.3. The molecule has 0 aliphatic carbocycles. The van der Waals surface area contributed by atoms with Gasteiger partial charge in [0.1, 0.15) is 0 Å². The van der Waals surface area contributed by atoms with Crippen LogP contribution in [0.2, 0.25) is 5.02 Å². The Bertz CT molecular complexity index is 438. The van der Waals surface area contributed by atoms with Crippen molar-refractivity contribution in [2.75, 3.05) is 0 Å². The highest BCUT2D eigenvalue weighted by atomic mass is 35.5. The molecule has 0 fully saturated rings. The molecule has 0 aliphatic rings. The zero-order valence-electron chi connectivity index (χ0n) is 6.27. The monoisotopic (exact) mass is 201 g/mol. The van der Waals surface area contributed by atoms with Crippen molar-refractivity contribution < 1.29 is 4.39 Å². The third kappa shape index (κ3) is 1.09. The quantitative estimate of drug-likeness (QED) is 0.637. The van der Waals surface area contributed by atoms with Crippen molar-refractivity contribution in [3.05, 3.63) is 28.0 Å². The summed E-state index contributed by atoms with van der Waals surface area (Å²) < 4.78 is 13.8. The summed E-state index contributed by atoms with van der Waals surface area (Å²) in [4.78, 5) is 4.13. The Labute approximate surface area is 77.8 Å². The van der Waals surface area contributed by atoms with Crippen LogP contribution in [-0.2, 0) is 0 Å². The molecule has 0 radical (unpaired) electrons. The molecule has 62 valence electrons. The van der Waals surface area contributed by atoms with Crippen LogP contribution in [0.4, 0.5) is 4.39 Å². The number of benzene rings is 1. The number of aromatic nitrogens is 1. The molecule has 0 atom stereocenters. The van der Waals surface area contributed by atoms with Crippen molar-refractivity contribution in [3.63, 3.8) is 0 Å². The Morgan fingerprint density at radius 1 is 1.50 bits per heavy atom. The first-order valence-corrected chi connectivity index (χ1v) is 4.59. The highest BCUT2D eigenvalue weighted by molar-refractivity contribution is 7.18. The number of fused-ring (bicyclic) bond motifs is 1. The number of halogens is 2. The summed E-state index contributed by atoms with van der Waals surface area (Å²) in [6.07, 6.45) is 0. The van der Waals surface area contributed by atoms with E-state index in [4.69, 9.17) is 11.6 Å². The molecule has 12 heavy (non-hydrogen) atoms. The number of nitrogens with zero attached hydrogens (tertiary/aromatic N) is 1. The third-order valence-corrected chi connectivity index (χ3v) is 2.83. The van der Waals surface area contributed by atoms with Gasteiger partial charge in [-0.05, 0) is 19.1 Å². The topological polar surface area (TPSA) is 12.9 Å². The molecule has 1 aromatic heterocycles. The molecule has 1 heterocycles. The average molecular weight is 202 g/mol. The standard InChI is InChI=1S/C8H5ClFNS/c1-4-11-6-3-2-5(9)7(10)8(6)12-4/h2-3H,1H3. The largest absolute Gasteiger partial charge is 0.241 e. The van der Waals surface area contributed by atoms with Gasteiger partial charge in [-0.15, -0.1) is 11.3 Å². The first-order chi connectivity index (χ1) is 5.68. The van der Waals surface area contributed by atoms with E-state index in [1.54, 1.807) is 6.07 Å². The van der Waals surface area contributed by atoms with Crippen LogP contribution in [-0.4, -0.2) is 4.98 Å². The summed E-state index contributed by atoms with van der Waals surface area (Å²) in [5.41, 5.74) is 0.680. The Balaban J connectivity index is 2.89. The first kappa shape index (κ1) is 7.95. The molecule has 2 aromatic rings. The summed E-state index contributed by atoms with van der Waals surface area (Å²) in [5, 5.41) is 1.01. The van der Waals surface area contributed by atoms with E-state index in [-0.39, 0.29) is 10.8 Å². The molecule has 2 rings (SSSR count). The first-order valence-electron chi connectivity index (χ1n) is 3.39. The number of thiazole rings is 1. The van der Waals surface area contributed by atoms with Gasteiger partial charge in [0.2, 0.25) is 0 Å². The summed E-state index contributed by atoms with van der Waals surface area (Å²) in [5.74, 6) is -0.361. The fourth-order valence-electron chi connectivity index (χ4n) is 1.05. The van der Waals surface area contributed by atoms with Crippen molar-refractivity contribution in [1.82, 2.24) is 4.98 Å². The molecule has 0 unspecified atom stereocenters. The third-order valence-electron chi connectivity index (χ3n) is 1.56. The van der Waals surface area contributed by atoms with Crippen molar-refractivity contribution >= 4 is 33.2 Å². The van der Waals surface area contributed by atoms with E-state index in [1.165, 1.54) is 17.4 Å². The van der Waals surface area contributed by atoms with E-state index in [1.807, 2.05) is 6.92 Å². The van der Waals surface area contributed by atoms with Crippen LogP contribution in [0.15, 0.2) is 12.1 Å². The molecule has 0 amide bonds. The fourth-order valence-corrected chi connectivity index (χ4v) is 2.12. The number of hydrogen-bond acceptors (Lipinski definition) is 2. The van der Waals surface area contributed by atoms with E-state index in [2.05, 4.69) is 4.98 Å². The summed E-state index contributed by atoms with van der Waals surface area (Å²) >= 11 is 6.92. The minimum absolute atomic E-state index is 0.158. The highest BCUT2D eigenvalue weighted by Gasteiger charge is 2.08. The molecule has 0 saturated heterocycles. The predicted molar refractivity (Wildman–Crippen MR) is 49.3 cm³/mol. The van der Waals surface area contributed by atoms with Gasteiger partial charge in [0.05, 0.1) is 20.2 Å². The maximum atomic E-state index is 13.3. The molecular weight excluding hydrogens is 197 g/mol. The Hall–Kier alpha value is -0.670. The molecule has 0 bridgehead atoms. The van der Waals surface area contributed by atoms with Gasteiger partial charge in [-0.3, -0.25) is 0 Å². The summed E-state index contributed by atoms with van der Waals surface area (Å²) in [7, 11) is 0. The molecular formula is C8H5ClFNS. The van der Waals surface area contributed by atoms with Crippen LogP contribution in [0.1, 0.15) is 5.01 Å². The Kier molecular flexibility index (Phi) is 1.77. The predicted octanol–water partition coefficient (Wildman–Crippen LogP) is 3.40. The van der Waals surface area contributed by atoms with Gasteiger partial charge >= 0.3 is 0 Å². The molecule has 1 aromatic carbocycles. The van der Waals surface area contributed by atoms with Gasteiger partial charge in [0.15, 0.2) is 5.82 Å². The molecule has 1 nitrogen and oxygen atoms in total. The van der Waals surface area contributed by atoms with Crippen molar-refractivity contribution in [2.45, 2.75) is 6.92 Å². The lowest BCUT2D eigenvalue weighted by atomic mass is 10.3. The van der Waals surface area contributed by atoms with Gasteiger partial charge in [-0.1, -0.05) is 11.6 Å². The zero-order chi connectivity index (χ0) is 8.72. The van der Waals surface area contributed by atoms with Crippen LogP contribution in [0.3, 0.4) is 0 Å². The lowest BCUT2D eigenvalue weighted by molar-refractivity contribution is 0.642. The second-order valence-electron chi connectivity index (χ2n) is 2.44. The van der Waals surface area contributed by atoms with Crippen LogP contribution >= 0.6 is 22.9 Å². The van der Waals surface area contributed by atoms with Gasteiger partial charge in [-0.25, -0.2) is 9.37 Å². The van der Waals surface area contributed by atoms with Crippen LogP contribution in [0.5, 0.6) is 0 Å². The van der Waals surface area contributed by atoms with Crippen molar-refractivity contribution in [2.24, 2.45) is 0 Å². The lowest BCUT2D eigenvalue weighted by Gasteiger charge is -1.92. The van der Waals surface area contributed by atoms with Gasteiger partial charge in [-0.2, -0.15) is 0 Å². The molecule has 0 saturated carbocycles. The van der Waals surface area contributed by atoms with E-state index in [9.17, 15) is 4.39 Å². The number of hydrogen-bond donors (Lipinski definition) is 0. The van der Waals surface area contributed by atoms with E-state index >= 15 is 0 Å². The van der Waals surface area contributed by atoms with Crippen molar-refractivity contribution in [1.29, 1.82) is 0 Å². The normalized spacial score (nSPS) is 10.9. The van der Waals surface area contributed by atoms with E-state index < -0.39 is 0 Å². The zero-order valence-corrected chi connectivity index (χ0v) is 7.84. The molecule has 0 N–H and O–H groups in total. The minimum Gasteiger partial charge on any atom is -0.241 e. The smallest absolute Gasteiger partial charge is 0.161 e. The average Bonchev–Trinajstić information content (AvgIpc) is 2.39. The van der Waals surface area contributed by atoms with Crippen LogP contribution < -0.4 is 0 Å². The summed E-state index contributed by atoms with van der Waals surface area (Å²) in [6, 6.07) is 3.25. The lowest BCUT2D eigenvalue weighted by Crippen LogP contribution is -1.76. The maximum Gasteiger partial charge on any atom is 0.161 e. The van der Waals surface area contributed by atoms with Gasteiger partial charge in [0, 0.05) is 0 Å². The highest BCUT2D eigenvalue weighted by Crippen LogP contribution is 2.28. The van der Waals surface area contributed by atoms with Gasteiger partial charge < -0.3 is 0 Å². The van der Waals surface area contributed by atoms with Gasteiger partial charge in [0.25, 0.3) is 0 Å². The number of rotatable bonds is 0. The molecule has 4 heteroatoms. The SMILES string of the molecule is Cc1nc2ccc(Cl)c(F)c2s1. The van der Waals surface area contributed by atoms with Crippen molar-refractivity contribution in [3.8, 4) is 0 Å². The van der Waals surface area contributed by atoms with E-state index in [0.29, 0.717) is 10.2 Å². The second kappa shape index (κ2) is 2.68.